The fourth-order valence-electron chi connectivity index (χ4n) is 2.72. The molecule has 0 aliphatic heterocycles. The van der Waals surface area contributed by atoms with Crippen molar-refractivity contribution < 1.29 is 9.59 Å². The second kappa shape index (κ2) is 8.79. The van der Waals surface area contributed by atoms with Gasteiger partial charge >= 0.3 is 0 Å². The van der Waals surface area contributed by atoms with Gasteiger partial charge in [0.05, 0.1) is 10.9 Å². The van der Waals surface area contributed by atoms with Gasteiger partial charge in [-0.25, -0.2) is 0 Å². The van der Waals surface area contributed by atoms with Crippen LogP contribution >= 0.6 is 11.8 Å². The molecule has 144 valence electrons. The molecule has 1 N–H and O–H groups in total. The quantitative estimate of drug-likeness (QED) is 0.485. The number of rotatable bonds is 7. The van der Waals surface area contributed by atoms with Gasteiger partial charge < -0.3 is 9.88 Å². The number of anilines is 1. The molecule has 0 fully saturated rings. The number of benzene rings is 1. The van der Waals surface area contributed by atoms with Gasteiger partial charge in [0.2, 0.25) is 5.91 Å². The number of nitrogens with one attached hydrogen (secondary N) is 1. The van der Waals surface area contributed by atoms with Crippen molar-refractivity contribution >= 4 is 29.1 Å². The lowest BCUT2D eigenvalue weighted by Crippen LogP contribution is -2.24. The normalized spacial score (nSPS) is 11.8. The second-order valence-electron chi connectivity index (χ2n) is 6.14. The molecule has 3 aromatic rings. The minimum absolute atomic E-state index is 0.0936. The highest BCUT2D eigenvalue weighted by atomic mass is 32.2. The number of hydrogen-bond donors (Lipinski definition) is 1. The molecule has 8 heteroatoms. The predicted octanol–water partition coefficient (Wildman–Crippen LogP) is 3.68. The Labute approximate surface area is 167 Å². The van der Waals surface area contributed by atoms with Gasteiger partial charge in [-0.2, -0.15) is 0 Å². The van der Waals surface area contributed by atoms with Gasteiger partial charge in [0.15, 0.2) is 16.8 Å². The van der Waals surface area contributed by atoms with E-state index >= 15 is 0 Å². The maximum absolute atomic E-state index is 12.7. The minimum atomic E-state index is -0.417. The summed E-state index contributed by atoms with van der Waals surface area (Å²) in [6, 6.07) is 10.7. The molecule has 0 spiro atoms. The van der Waals surface area contributed by atoms with Crippen LogP contribution in [0.3, 0.4) is 0 Å². The van der Waals surface area contributed by atoms with E-state index in [0.717, 1.165) is 11.4 Å². The second-order valence-corrected chi connectivity index (χ2v) is 7.45. The van der Waals surface area contributed by atoms with Gasteiger partial charge in [-0.3, -0.25) is 14.6 Å². The molecule has 7 nitrogen and oxygen atoms in total. The fourth-order valence-corrected chi connectivity index (χ4v) is 3.63. The number of nitrogens with zero attached hydrogens (tertiary/aromatic N) is 4. The lowest BCUT2D eigenvalue weighted by Gasteiger charge is -2.14. The van der Waals surface area contributed by atoms with Crippen molar-refractivity contribution in [3.05, 3.63) is 54.4 Å². The highest BCUT2D eigenvalue weighted by Gasteiger charge is 2.21. The van der Waals surface area contributed by atoms with Crippen LogP contribution in [0.15, 0.2) is 53.9 Å². The number of para-hydroxylation sites is 1. The van der Waals surface area contributed by atoms with Crippen molar-refractivity contribution in [1.82, 2.24) is 19.7 Å². The number of thioether (sulfide) groups is 1. The summed E-state index contributed by atoms with van der Waals surface area (Å²) < 4.78 is 1.97. The van der Waals surface area contributed by atoms with E-state index in [0.29, 0.717) is 23.0 Å². The van der Waals surface area contributed by atoms with Gasteiger partial charge in [-0.05, 0) is 45.0 Å². The highest BCUT2D eigenvalue weighted by molar-refractivity contribution is 8.00. The van der Waals surface area contributed by atoms with Crippen molar-refractivity contribution in [2.45, 2.75) is 37.7 Å². The average molecular weight is 395 g/mol. The lowest BCUT2D eigenvalue weighted by molar-refractivity contribution is -0.115. The maximum atomic E-state index is 12.7. The molecule has 1 atom stereocenters. The van der Waals surface area contributed by atoms with Gasteiger partial charge in [-0.1, -0.05) is 23.9 Å². The van der Waals surface area contributed by atoms with Gasteiger partial charge in [-0.15, -0.1) is 10.2 Å². The number of aromatic nitrogens is 4. The van der Waals surface area contributed by atoms with Crippen molar-refractivity contribution in [2.24, 2.45) is 0 Å². The summed E-state index contributed by atoms with van der Waals surface area (Å²) in [7, 11) is 0. The molecule has 0 aliphatic carbocycles. The number of amides is 1. The molecule has 2 heterocycles. The summed E-state index contributed by atoms with van der Waals surface area (Å²) in [5.41, 5.74) is 1.93. The standard InChI is InChI=1S/C20H21N5O2S/c1-4-25-18(15-9-11-21-12-10-15)23-24-20(25)28-14(3)19(27)22-17-8-6-5-7-16(17)13(2)26/h5-12,14H,4H2,1-3H3,(H,22,27)/t14-/m1/s1. The van der Waals surface area contributed by atoms with Crippen LogP contribution in [0.2, 0.25) is 0 Å². The number of hydrogen-bond acceptors (Lipinski definition) is 6. The largest absolute Gasteiger partial charge is 0.324 e. The molecule has 1 aromatic carbocycles. The molecule has 3 rings (SSSR count). The first-order valence-corrected chi connectivity index (χ1v) is 9.80. The first-order valence-electron chi connectivity index (χ1n) is 8.92. The van der Waals surface area contributed by atoms with Crippen LogP contribution in [0, 0.1) is 0 Å². The Morgan fingerprint density at radius 2 is 1.86 bits per heavy atom. The molecule has 0 bridgehead atoms. The Balaban J connectivity index is 1.76. The smallest absolute Gasteiger partial charge is 0.237 e. The third-order valence-corrected chi connectivity index (χ3v) is 5.27. The summed E-state index contributed by atoms with van der Waals surface area (Å²) in [4.78, 5) is 28.4. The molecule has 0 saturated carbocycles. The van der Waals surface area contributed by atoms with Crippen LogP contribution < -0.4 is 5.32 Å². The predicted molar refractivity (Wildman–Crippen MR) is 109 cm³/mol. The van der Waals surface area contributed by atoms with E-state index in [4.69, 9.17) is 0 Å². The van der Waals surface area contributed by atoms with E-state index in [-0.39, 0.29) is 11.7 Å². The zero-order chi connectivity index (χ0) is 20.1. The first kappa shape index (κ1) is 19.8. The molecule has 0 aliphatic rings. The van der Waals surface area contributed by atoms with Gasteiger partial charge in [0, 0.05) is 30.1 Å². The van der Waals surface area contributed by atoms with Gasteiger partial charge in [0.25, 0.3) is 0 Å². The van der Waals surface area contributed by atoms with Crippen molar-refractivity contribution in [3.63, 3.8) is 0 Å². The lowest BCUT2D eigenvalue weighted by atomic mass is 10.1. The van der Waals surface area contributed by atoms with Gasteiger partial charge in [0.1, 0.15) is 0 Å². The van der Waals surface area contributed by atoms with E-state index in [1.807, 2.05) is 23.6 Å². The zero-order valence-electron chi connectivity index (χ0n) is 15.9. The van der Waals surface area contributed by atoms with E-state index in [2.05, 4.69) is 20.5 Å². The SMILES string of the molecule is CCn1c(S[C@H](C)C(=O)Nc2ccccc2C(C)=O)nnc1-c1ccncc1. The van der Waals surface area contributed by atoms with Crippen molar-refractivity contribution in [3.8, 4) is 11.4 Å². The summed E-state index contributed by atoms with van der Waals surface area (Å²) in [5, 5.41) is 11.6. The Kier molecular flexibility index (Phi) is 6.20. The number of carbonyl (C=O) groups excluding carboxylic acids is 2. The Hall–Kier alpha value is -3.00. The Bertz CT molecular complexity index is 987. The summed E-state index contributed by atoms with van der Waals surface area (Å²) in [5.74, 6) is 0.445. The highest BCUT2D eigenvalue weighted by Crippen LogP contribution is 2.27. The third kappa shape index (κ3) is 4.28. The Morgan fingerprint density at radius 3 is 2.54 bits per heavy atom. The number of Topliss-reactive ketones (excluding diaryl/α,β-unsaturated/α-hetero) is 1. The monoisotopic (exact) mass is 395 g/mol. The molecule has 28 heavy (non-hydrogen) atoms. The molecule has 1 amide bonds. The van der Waals surface area contributed by atoms with E-state index in [9.17, 15) is 9.59 Å². The van der Waals surface area contributed by atoms with E-state index in [1.165, 1.54) is 18.7 Å². The van der Waals surface area contributed by atoms with E-state index in [1.54, 1.807) is 43.6 Å². The molecule has 2 aromatic heterocycles. The van der Waals surface area contributed by atoms with Crippen molar-refractivity contribution in [2.75, 3.05) is 5.32 Å². The Morgan fingerprint density at radius 1 is 1.14 bits per heavy atom. The number of ketones is 1. The van der Waals surface area contributed by atoms with Crippen LogP contribution in [0.5, 0.6) is 0 Å². The third-order valence-electron chi connectivity index (χ3n) is 4.19. The van der Waals surface area contributed by atoms with Crippen LogP contribution in [0.1, 0.15) is 31.1 Å². The molecule has 0 saturated heterocycles. The van der Waals surface area contributed by atoms with E-state index < -0.39 is 5.25 Å². The fraction of sp³-hybridized carbons (Fsp3) is 0.250. The molecular weight excluding hydrogens is 374 g/mol. The first-order chi connectivity index (χ1) is 13.5. The zero-order valence-corrected chi connectivity index (χ0v) is 16.7. The summed E-state index contributed by atoms with van der Waals surface area (Å²) in [6.45, 7) is 5.96. The number of carbonyl (C=O) groups is 2. The molecular formula is C20H21N5O2S. The van der Waals surface area contributed by atoms with Crippen LogP contribution in [-0.2, 0) is 11.3 Å². The van der Waals surface area contributed by atoms with Crippen LogP contribution in [0.4, 0.5) is 5.69 Å². The maximum Gasteiger partial charge on any atom is 0.237 e. The minimum Gasteiger partial charge on any atom is -0.324 e. The average Bonchev–Trinajstić information content (AvgIpc) is 3.11. The summed E-state index contributed by atoms with van der Waals surface area (Å²) in [6.07, 6.45) is 3.42. The molecule has 0 radical (unpaired) electrons. The topological polar surface area (TPSA) is 89.8 Å². The number of pyridine rings is 1. The van der Waals surface area contributed by atoms with Crippen LogP contribution in [0.25, 0.3) is 11.4 Å². The van der Waals surface area contributed by atoms with Crippen molar-refractivity contribution in [1.29, 1.82) is 0 Å². The molecule has 0 unspecified atom stereocenters. The van der Waals surface area contributed by atoms with Crippen LogP contribution in [-0.4, -0.2) is 36.7 Å². The summed E-state index contributed by atoms with van der Waals surface area (Å²) >= 11 is 1.33.